The Morgan fingerprint density at radius 2 is 1.13 bits per heavy atom. The molecule has 0 saturated carbocycles. The van der Waals surface area contributed by atoms with Crippen LogP contribution < -0.4 is 10.2 Å². The monoisotopic (exact) mass is 619 g/mol. The zero-order chi connectivity index (χ0) is 32.1. The molecule has 0 bridgehead atoms. The van der Waals surface area contributed by atoms with E-state index in [2.05, 4.69) is 4.98 Å². The molecule has 0 spiro atoms. The number of para-hydroxylation sites is 1. The molecule has 0 aliphatic carbocycles. The van der Waals surface area contributed by atoms with Crippen LogP contribution in [-0.4, -0.2) is 41.0 Å². The molecule has 45 heavy (non-hydrogen) atoms. The summed E-state index contributed by atoms with van der Waals surface area (Å²) in [5.74, 6) is -4.20. The smallest absolute Gasteiger partial charge is 0.288 e. The van der Waals surface area contributed by atoms with Crippen LogP contribution in [0.5, 0.6) is 0 Å². The normalized spacial score (nSPS) is 15.2. The lowest BCUT2D eigenvalue weighted by Crippen LogP contribution is -2.55. The first-order valence-corrected chi connectivity index (χ1v) is 13.2. The average Bonchev–Trinajstić information content (AvgIpc) is 3.40. The molecular weight excluding hydrogens is 604 g/mol. The summed E-state index contributed by atoms with van der Waals surface area (Å²) in [6, 6.07) is 16.6. The first-order chi connectivity index (χ1) is 21.2. The van der Waals surface area contributed by atoms with Gasteiger partial charge in [-0.1, -0.05) is 36.4 Å². The molecule has 0 fully saturated rings. The van der Waals surface area contributed by atoms with Crippen LogP contribution >= 0.6 is 0 Å². The molecular formula is C32H15F6N3O4. The molecule has 0 saturated heterocycles. The molecule has 7 nitrogen and oxygen atoms in total. The number of aromatic nitrogens is 1. The standard InChI is InChI=1S/C32H15F6N3O4/c33-31(34,35)30(32(36,37)38,17-6-9-20-22(12-17)27(43)40-26(20)42)18-7-10-21-23(13-18)29(45)41(28(21)44)19-8-5-16-11-15-3-1-2-4-24(15)39-25(16)14-19/h1-14H,(H,40,42,43). The maximum absolute atomic E-state index is 14.8. The fraction of sp³-hybridized carbons (Fsp3) is 0.0938. The molecule has 2 aliphatic rings. The van der Waals surface area contributed by atoms with Gasteiger partial charge in [-0.15, -0.1) is 0 Å². The molecule has 1 N–H and O–H groups in total. The molecule has 0 atom stereocenters. The Morgan fingerprint density at radius 1 is 0.556 bits per heavy atom. The number of hydrogen-bond donors (Lipinski definition) is 1. The molecule has 2 aliphatic heterocycles. The number of hydrogen-bond acceptors (Lipinski definition) is 5. The van der Waals surface area contributed by atoms with Crippen molar-refractivity contribution in [1.82, 2.24) is 10.3 Å². The topological polar surface area (TPSA) is 96.4 Å². The number of carbonyl (C=O) groups excluding carboxylic acids is 4. The lowest BCUT2D eigenvalue weighted by Gasteiger charge is -2.38. The van der Waals surface area contributed by atoms with E-state index in [4.69, 9.17) is 0 Å². The predicted molar refractivity (Wildman–Crippen MR) is 148 cm³/mol. The highest BCUT2D eigenvalue weighted by molar-refractivity contribution is 6.34. The summed E-state index contributed by atoms with van der Waals surface area (Å²) in [5.41, 5.74) is -8.60. The molecule has 4 amide bonds. The number of halogens is 6. The van der Waals surface area contributed by atoms with Crippen molar-refractivity contribution in [2.75, 3.05) is 4.90 Å². The summed E-state index contributed by atoms with van der Waals surface area (Å²) in [4.78, 5) is 56.1. The van der Waals surface area contributed by atoms with E-state index in [9.17, 15) is 45.5 Å². The van der Waals surface area contributed by atoms with Crippen LogP contribution in [-0.2, 0) is 5.41 Å². The Bertz CT molecular complexity index is 2160. The number of nitrogens with zero attached hydrogens (tertiary/aromatic N) is 2. The minimum absolute atomic E-state index is 0.0187. The van der Waals surface area contributed by atoms with Gasteiger partial charge in [-0.3, -0.25) is 24.5 Å². The lowest BCUT2D eigenvalue weighted by atomic mass is 9.71. The van der Waals surface area contributed by atoms with E-state index >= 15 is 0 Å². The van der Waals surface area contributed by atoms with Gasteiger partial charge in [0.1, 0.15) is 0 Å². The van der Waals surface area contributed by atoms with E-state index in [-0.39, 0.29) is 11.3 Å². The fourth-order valence-corrected chi connectivity index (χ4v) is 5.99. The van der Waals surface area contributed by atoms with Gasteiger partial charge in [-0.25, -0.2) is 9.88 Å². The van der Waals surface area contributed by atoms with E-state index in [1.807, 2.05) is 23.5 Å². The van der Waals surface area contributed by atoms with Crippen LogP contribution in [0.25, 0.3) is 21.8 Å². The summed E-state index contributed by atoms with van der Waals surface area (Å²) in [5, 5.41) is 3.33. The van der Waals surface area contributed by atoms with Crippen molar-refractivity contribution in [3.63, 3.8) is 0 Å². The average molecular weight is 619 g/mol. The summed E-state index contributed by atoms with van der Waals surface area (Å²) in [6.45, 7) is 0. The molecule has 224 valence electrons. The minimum Gasteiger partial charge on any atom is -0.288 e. The van der Waals surface area contributed by atoms with Crippen molar-refractivity contribution in [1.29, 1.82) is 0 Å². The van der Waals surface area contributed by atoms with Gasteiger partial charge in [0.25, 0.3) is 23.6 Å². The van der Waals surface area contributed by atoms with E-state index in [1.54, 1.807) is 18.2 Å². The van der Waals surface area contributed by atoms with Crippen molar-refractivity contribution in [2.45, 2.75) is 17.8 Å². The van der Waals surface area contributed by atoms with Gasteiger partial charge in [0.15, 0.2) is 0 Å². The lowest BCUT2D eigenvalue weighted by molar-refractivity contribution is -0.288. The van der Waals surface area contributed by atoms with Gasteiger partial charge in [-0.2, -0.15) is 26.3 Å². The number of rotatable bonds is 3. The molecule has 0 unspecified atom stereocenters. The number of anilines is 1. The van der Waals surface area contributed by atoms with Gasteiger partial charge in [0.05, 0.1) is 39.0 Å². The van der Waals surface area contributed by atoms with Crippen LogP contribution in [0.15, 0.2) is 84.9 Å². The van der Waals surface area contributed by atoms with Crippen LogP contribution in [0.4, 0.5) is 32.0 Å². The maximum atomic E-state index is 14.8. The molecule has 3 heterocycles. The van der Waals surface area contributed by atoms with Gasteiger partial charge in [-0.05, 0) is 59.7 Å². The second kappa shape index (κ2) is 9.21. The summed E-state index contributed by atoms with van der Waals surface area (Å²) < 4.78 is 89.0. The van der Waals surface area contributed by atoms with Gasteiger partial charge < -0.3 is 0 Å². The molecule has 5 aromatic rings. The number of benzene rings is 4. The third kappa shape index (κ3) is 3.89. The highest BCUT2D eigenvalue weighted by Crippen LogP contribution is 2.57. The quantitative estimate of drug-likeness (QED) is 0.142. The molecule has 0 radical (unpaired) electrons. The van der Waals surface area contributed by atoms with E-state index < -0.39 is 69.2 Å². The van der Waals surface area contributed by atoms with Gasteiger partial charge in [0, 0.05) is 10.8 Å². The summed E-state index contributed by atoms with van der Waals surface area (Å²) >= 11 is 0. The third-order valence-electron chi connectivity index (χ3n) is 8.10. The second-order valence-electron chi connectivity index (χ2n) is 10.6. The first kappa shape index (κ1) is 28.2. The minimum atomic E-state index is -6.05. The summed E-state index contributed by atoms with van der Waals surface area (Å²) in [6.07, 6.45) is -12.1. The highest BCUT2D eigenvalue weighted by atomic mass is 19.4. The Morgan fingerprint density at radius 3 is 1.82 bits per heavy atom. The van der Waals surface area contributed by atoms with E-state index in [0.29, 0.717) is 51.7 Å². The Balaban J connectivity index is 1.37. The Kier molecular flexibility index (Phi) is 5.77. The van der Waals surface area contributed by atoms with Crippen molar-refractivity contribution in [3.8, 4) is 0 Å². The van der Waals surface area contributed by atoms with Crippen molar-refractivity contribution >= 4 is 51.1 Å². The number of alkyl halides is 6. The third-order valence-corrected chi connectivity index (χ3v) is 8.10. The van der Waals surface area contributed by atoms with Crippen molar-refractivity contribution in [2.24, 2.45) is 0 Å². The number of carbonyl (C=O) groups is 4. The maximum Gasteiger partial charge on any atom is 0.411 e. The zero-order valence-corrected chi connectivity index (χ0v) is 22.4. The van der Waals surface area contributed by atoms with Crippen LogP contribution in [0, 0.1) is 0 Å². The van der Waals surface area contributed by atoms with Crippen LogP contribution in [0.1, 0.15) is 52.6 Å². The van der Waals surface area contributed by atoms with Crippen molar-refractivity contribution in [3.05, 3.63) is 118 Å². The number of imide groups is 2. The van der Waals surface area contributed by atoms with Crippen molar-refractivity contribution < 1.29 is 45.5 Å². The number of nitrogens with one attached hydrogen (secondary N) is 1. The molecule has 13 heteroatoms. The molecule has 1 aromatic heterocycles. The first-order valence-electron chi connectivity index (χ1n) is 13.2. The number of fused-ring (bicyclic) bond motifs is 4. The Hall–Kier alpha value is -5.59. The largest absolute Gasteiger partial charge is 0.411 e. The number of pyridine rings is 1. The molecule has 7 rings (SSSR count). The summed E-state index contributed by atoms with van der Waals surface area (Å²) in [7, 11) is 0. The Labute approximate surface area is 248 Å². The zero-order valence-electron chi connectivity index (χ0n) is 22.4. The predicted octanol–water partition coefficient (Wildman–Crippen LogP) is 6.48. The van der Waals surface area contributed by atoms with Crippen LogP contribution in [0.3, 0.4) is 0 Å². The fourth-order valence-electron chi connectivity index (χ4n) is 5.99. The molecule has 4 aromatic carbocycles. The van der Waals surface area contributed by atoms with E-state index in [0.717, 1.165) is 11.5 Å². The number of amides is 4. The van der Waals surface area contributed by atoms with Gasteiger partial charge >= 0.3 is 12.4 Å². The SMILES string of the molecule is O=C1NC(=O)c2cc(C(c3ccc4c(c3)C(=O)N(c3ccc5cc6ccccc6nc5c3)C4=O)(C(F)(F)F)C(F)(F)F)ccc21. The van der Waals surface area contributed by atoms with E-state index in [1.165, 1.54) is 12.1 Å². The second-order valence-corrected chi connectivity index (χ2v) is 10.6. The van der Waals surface area contributed by atoms with Gasteiger partial charge in [0.2, 0.25) is 5.41 Å². The highest BCUT2D eigenvalue weighted by Gasteiger charge is 2.73. The van der Waals surface area contributed by atoms with Crippen LogP contribution in [0.2, 0.25) is 0 Å².